The number of hydrogen-bond acceptors (Lipinski definition) is 3. The van der Waals surface area contributed by atoms with Crippen molar-refractivity contribution >= 4 is 5.52 Å². The first-order valence-electron chi connectivity index (χ1n) is 3.73. The summed E-state index contributed by atoms with van der Waals surface area (Å²) in [5.74, 6) is 0. The van der Waals surface area contributed by atoms with Crippen LogP contribution in [0.15, 0.2) is 12.4 Å². The maximum atomic E-state index is 12.2. The zero-order chi connectivity index (χ0) is 10.3. The first-order chi connectivity index (χ1) is 6.48. The van der Waals surface area contributed by atoms with Gasteiger partial charge >= 0.3 is 6.18 Å². The number of rotatable bonds is 0. The summed E-state index contributed by atoms with van der Waals surface area (Å²) in [6.07, 6.45) is -3.30. The van der Waals surface area contributed by atoms with E-state index in [1.54, 1.807) is 6.92 Å². The summed E-state index contributed by atoms with van der Waals surface area (Å²) in [6.45, 7) is 1.57. The van der Waals surface area contributed by atoms with E-state index in [2.05, 4.69) is 15.3 Å². The average Bonchev–Trinajstić information content (AvgIpc) is 2.48. The van der Waals surface area contributed by atoms with Crippen LogP contribution in [0, 0.1) is 6.92 Å². The third kappa shape index (κ3) is 1.30. The van der Waals surface area contributed by atoms with E-state index in [0.29, 0.717) is 11.2 Å². The molecule has 0 fully saturated rings. The van der Waals surface area contributed by atoms with Crippen molar-refractivity contribution in [1.82, 2.24) is 19.8 Å². The van der Waals surface area contributed by atoms with E-state index in [4.69, 9.17) is 0 Å². The maximum Gasteiger partial charge on any atom is 0.435 e. The van der Waals surface area contributed by atoms with Gasteiger partial charge in [0.2, 0.25) is 0 Å². The first-order valence-corrected chi connectivity index (χ1v) is 3.73. The van der Waals surface area contributed by atoms with Crippen LogP contribution in [-0.4, -0.2) is 19.8 Å². The molecule has 2 aromatic rings. The second kappa shape index (κ2) is 2.66. The Balaban J connectivity index is 2.69. The van der Waals surface area contributed by atoms with Crippen molar-refractivity contribution in [3.63, 3.8) is 0 Å². The van der Waals surface area contributed by atoms with E-state index in [1.165, 1.54) is 0 Å². The summed E-state index contributed by atoms with van der Waals surface area (Å²) in [7, 11) is 0. The molecule has 0 radical (unpaired) electrons. The molecule has 2 rings (SSSR count). The fraction of sp³-hybridized carbons (Fsp3) is 0.286. The Bertz CT molecular complexity index is 473. The highest BCUT2D eigenvalue weighted by Crippen LogP contribution is 2.28. The number of halogens is 3. The third-order valence-electron chi connectivity index (χ3n) is 1.77. The summed E-state index contributed by atoms with van der Waals surface area (Å²) in [6, 6.07) is 0.948. The van der Waals surface area contributed by atoms with Gasteiger partial charge in [-0.2, -0.15) is 23.4 Å². The molecule has 4 nitrogen and oxygen atoms in total. The lowest BCUT2D eigenvalue weighted by Crippen LogP contribution is -2.05. The van der Waals surface area contributed by atoms with Crippen LogP contribution in [0.2, 0.25) is 0 Å². The van der Waals surface area contributed by atoms with Crippen molar-refractivity contribution < 1.29 is 13.2 Å². The summed E-state index contributed by atoms with van der Waals surface area (Å²) in [5, 5.41) is 10.4. The van der Waals surface area contributed by atoms with Crippen molar-refractivity contribution in [1.29, 1.82) is 0 Å². The van der Waals surface area contributed by atoms with Gasteiger partial charge in [-0.25, -0.2) is 4.52 Å². The molecule has 0 bridgehead atoms. The van der Waals surface area contributed by atoms with Crippen LogP contribution in [0.25, 0.3) is 5.52 Å². The Morgan fingerprint density at radius 1 is 1.36 bits per heavy atom. The minimum atomic E-state index is -4.43. The van der Waals surface area contributed by atoms with Crippen LogP contribution < -0.4 is 0 Å². The van der Waals surface area contributed by atoms with Crippen molar-refractivity contribution in [2.45, 2.75) is 13.1 Å². The molecule has 0 aliphatic rings. The topological polar surface area (TPSA) is 43.1 Å². The Kier molecular flexibility index (Phi) is 1.70. The Labute approximate surface area is 76.4 Å². The molecular formula is C7H5F3N4. The van der Waals surface area contributed by atoms with Gasteiger partial charge in [0.15, 0.2) is 5.69 Å². The van der Waals surface area contributed by atoms with Crippen LogP contribution in [0.5, 0.6) is 0 Å². The monoisotopic (exact) mass is 202 g/mol. The van der Waals surface area contributed by atoms with E-state index >= 15 is 0 Å². The van der Waals surface area contributed by atoms with Crippen LogP contribution >= 0.6 is 0 Å². The standard InChI is InChI=1S/C7H5F3N4/c1-4-5-2-6(7(8,9)10)13-14(5)3-11-12-4/h2-3H,1H3. The number of alkyl halides is 3. The number of hydrogen-bond donors (Lipinski definition) is 0. The maximum absolute atomic E-state index is 12.2. The van der Waals surface area contributed by atoms with Gasteiger partial charge in [-0.15, -0.1) is 5.10 Å². The number of fused-ring (bicyclic) bond motifs is 1. The van der Waals surface area contributed by atoms with Crippen LogP contribution in [0.1, 0.15) is 11.4 Å². The lowest BCUT2D eigenvalue weighted by molar-refractivity contribution is -0.141. The molecule has 0 atom stereocenters. The fourth-order valence-electron chi connectivity index (χ4n) is 1.10. The molecule has 14 heavy (non-hydrogen) atoms. The molecule has 2 aromatic heterocycles. The van der Waals surface area contributed by atoms with Gasteiger partial charge < -0.3 is 0 Å². The summed E-state index contributed by atoms with van der Waals surface area (Å²) in [5.41, 5.74) is -0.210. The lowest BCUT2D eigenvalue weighted by Gasteiger charge is -1.98. The second-order valence-electron chi connectivity index (χ2n) is 2.77. The van der Waals surface area contributed by atoms with Gasteiger partial charge in [-0.05, 0) is 13.0 Å². The lowest BCUT2D eigenvalue weighted by atomic mass is 10.3. The number of aryl methyl sites for hydroxylation is 1. The molecule has 0 saturated heterocycles. The highest BCUT2D eigenvalue weighted by molar-refractivity contribution is 5.51. The fourth-order valence-corrected chi connectivity index (χ4v) is 1.10. The van der Waals surface area contributed by atoms with Crippen molar-refractivity contribution in [2.24, 2.45) is 0 Å². The van der Waals surface area contributed by atoms with Crippen molar-refractivity contribution in [3.8, 4) is 0 Å². The molecule has 7 heteroatoms. The molecule has 2 heterocycles. The largest absolute Gasteiger partial charge is 0.435 e. The minimum absolute atomic E-state index is 0.312. The third-order valence-corrected chi connectivity index (χ3v) is 1.77. The Morgan fingerprint density at radius 3 is 2.64 bits per heavy atom. The van der Waals surface area contributed by atoms with Crippen LogP contribution in [0.4, 0.5) is 13.2 Å². The molecule has 0 saturated carbocycles. The number of aromatic nitrogens is 4. The Hall–Kier alpha value is -1.66. The van der Waals surface area contributed by atoms with Gasteiger partial charge in [0.1, 0.15) is 6.33 Å². The summed E-state index contributed by atoms with van der Waals surface area (Å²) in [4.78, 5) is 0. The molecule has 0 aliphatic carbocycles. The van der Waals surface area contributed by atoms with Crippen LogP contribution in [0.3, 0.4) is 0 Å². The Morgan fingerprint density at radius 2 is 2.07 bits per heavy atom. The van der Waals surface area contributed by atoms with E-state index < -0.39 is 11.9 Å². The number of nitrogens with zero attached hydrogens (tertiary/aromatic N) is 4. The smallest absolute Gasteiger partial charge is 0.218 e. The van der Waals surface area contributed by atoms with Gasteiger partial charge in [-0.1, -0.05) is 0 Å². The van der Waals surface area contributed by atoms with E-state index in [0.717, 1.165) is 16.9 Å². The molecule has 0 unspecified atom stereocenters. The van der Waals surface area contributed by atoms with E-state index in [-0.39, 0.29) is 0 Å². The van der Waals surface area contributed by atoms with Gasteiger partial charge in [0.25, 0.3) is 0 Å². The van der Waals surface area contributed by atoms with Gasteiger partial charge in [0, 0.05) is 0 Å². The highest BCUT2D eigenvalue weighted by Gasteiger charge is 2.34. The SMILES string of the molecule is Cc1nncn2nc(C(F)(F)F)cc12. The minimum Gasteiger partial charge on any atom is -0.218 e. The molecule has 0 spiro atoms. The summed E-state index contributed by atoms with van der Waals surface area (Å²) >= 11 is 0. The molecule has 0 N–H and O–H groups in total. The quantitative estimate of drug-likeness (QED) is 0.649. The van der Waals surface area contributed by atoms with E-state index in [9.17, 15) is 13.2 Å². The predicted molar refractivity (Wildman–Crippen MR) is 40.5 cm³/mol. The summed E-state index contributed by atoms with van der Waals surface area (Å²) < 4.78 is 37.8. The van der Waals surface area contributed by atoms with Crippen LogP contribution in [-0.2, 0) is 6.18 Å². The van der Waals surface area contributed by atoms with Crippen molar-refractivity contribution in [3.05, 3.63) is 23.8 Å². The predicted octanol–water partition coefficient (Wildman–Crippen LogP) is 1.45. The molecule has 0 amide bonds. The first kappa shape index (κ1) is 8.92. The van der Waals surface area contributed by atoms with Gasteiger partial charge in [0.05, 0.1) is 11.2 Å². The average molecular weight is 202 g/mol. The molecule has 0 aliphatic heterocycles. The molecule has 0 aromatic carbocycles. The highest BCUT2D eigenvalue weighted by atomic mass is 19.4. The van der Waals surface area contributed by atoms with Gasteiger partial charge in [-0.3, -0.25) is 0 Å². The second-order valence-corrected chi connectivity index (χ2v) is 2.77. The normalized spacial score (nSPS) is 12.3. The molecular weight excluding hydrogens is 197 g/mol. The molecule has 74 valence electrons. The van der Waals surface area contributed by atoms with Crippen molar-refractivity contribution in [2.75, 3.05) is 0 Å². The van der Waals surface area contributed by atoms with E-state index in [1.807, 2.05) is 0 Å². The zero-order valence-corrected chi connectivity index (χ0v) is 7.08. The zero-order valence-electron chi connectivity index (χ0n) is 7.08.